The molecule has 2 rings (SSSR count). The second-order valence-electron chi connectivity index (χ2n) is 4.74. The van der Waals surface area contributed by atoms with Crippen LogP contribution < -0.4 is 4.72 Å². The van der Waals surface area contributed by atoms with E-state index in [9.17, 15) is 17.9 Å². The minimum atomic E-state index is -3.89. The van der Waals surface area contributed by atoms with Crippen LogP contribution in [0.2, 0.25) is 5.02 Å². The Morgan fingerprint density at radius 2 is 2.05 bits per heavy atom. The first-order chi connectivity index (χ1) is 9.32. The Morgan fingerprint density at radius 3 is 2.65 bits per heavy atom. The zero-order chi connectivity index (χ0) is 14.8. The molecule has 20 heavy (non-hydrogen) atoms. The molecule has 8 heteroatoms. The Hall–Kier alpha value is -0.730. The van der Waals surface area contributed by atoms with Gasteiger partial charge in [-0.25, -0.2) is 17.5 Å². The lowest BCUT2D eigenvalue weighted by molar-refractivity contribution is -0.0588. The van der Waals surface area contributed by atoms with Crippen LogP contribution in [0.3, 0.4) is 0 Å². The Labute approximate surface area is 121 Å². The van der Waals surface area contributed by atoms with Crippen molar-refractivity contribution in [1.82, 2.24) is 4.72 Å². The summed E-state index contributed by atoms with van der Waals surface area (Å²) in [4.78, 5) is -0.212. The van der Waals surface area contributed by atoms with Crippen LogP contribution >= 0.6 is 11.6 Å². The van der Waals surface area contributed by atoms with Gasteiger partial charge in [0.1, 0.15) is 10.7 Å². The maximum absolute atomic E-state index is 12.9. The average Bonchev–Trinajstić information content (AvgIpc) is 2.37. The van der Waals surface area contributed by atoms with Crippen molar-refractivity contribution in [3.8, 4) is 0 Å². The highest BCUT2D eigenvalue weighted by Gasteiger charge is 2.32. The third kappa shape index (κ3) is 3.67. The Kier molecular flexibility index (Phi) is 4.66. The summed E-state index contributed by atoms with van der Waals surface area (Å²) in [6.45, 7) is 0.636. The van der Waals surface area contributed by atoms with Crippen molar-refractivity contribution in [1.29, 1.82) is 0 Å². The van der Waals surface area contributed by atoms with Crippen molar-refractivity contribution in [2.75, 3.05) is 19.8 Å². The number of sulfonamides is 1. The highest BCUT2D eigenvalue weighted by Crippen LogP contribution is 2.24. The fourth-order valence-electron chi connectivity index (χ4n) is 1.93. The van der Waals surface area contributed by atoms with Crippen molar-refractivity contribution in [2.24, 2.45) is 0 Å². The fraction of sp³-hybridized carbons (Fsp3) is 0.500. The quantitative estimate of drug-likeness (QED) is 0.875. The average molecular weight is 324 g/mol. The molecule has 0 saturated carbocycles. The van der Waals surface area contributed by atoms with Crippen LogP contribution in [0.5, 0.6) is 0 Å². The standard InChI is InChI=1S/C12H15ClFNO4S/c13-10-7-9(14)1-2-11(10)20(17,18)15-8-12(16)3-5-19-6-4-12/h1-2,7,15-16H,3-6,8H2. The maximum atomic E-state index is 12.9. The van der Waals surface area contributed by atoms with Gasteiger partial charge in [0.2, 0.25) is 10.0 Å². The highest BCUT2D eigenvalue weighted by molar-refractivity contribution is 7.89. The molecule has 1 aromatic carbocycles. The summed E-state index contributed by atoms with van der Waals surface area (Å²) >= 11 is 5.73. The molecule has 0 aromatic heterocycles. The first-order valence-electron chi connectivity index (χ1n) is 6.07. The Bertz CT molecular complexity index is 587. The molecule has 112 valence electrons. The zero-order valence-corrected chi connectivity index (χ0v) is 12.2. The predicted molar refractivity (Wildman–Crippen MR) is 71.6 cm³/mol. The molecule has 0 atom stereocenters. The molecule has 1 aromatic rings. The van der Waals surface area contributed by atoms with E-state index in [1.165, 1.54) is 0 Å². The largest absolute Gasteiger partial charge is 0.388 e. The van der Waals surface area contributed by atoms with Crippen molar-refractivity contribution in [3.63, 3.8) is 0 Å². The third-order valence-corrected chi connectivity index (χ3v) is 5.08. The van der Waals surface area contributed by atoms with Gasteiger partial charge in [-0.05, 0) is 18.2 Å². The van der Waals surface area contributed by atoms with E-state index in [-0.39, 0.29) is 16.5 Å². The lowest BCUT2D eigenvalue weighted by atomic mass is 9.95. The van der Waals surface area contributed by atoms with Crippen molar-refractivity contribution >= 4 is 21.6 Å². The molecule has 0 amide bonds. The van der Waals surface area contributed by atoms with Crippen LogP contribution in [0.1, 0.15) is 12.8 Å². The second-order valence-corrected chi connectivity index (χ2v) is 6.88. The number of nitrogens with one attached hydrogen (secondary N) is 1. The summed E-state index contributed by atoms with van der Waals surface area (Å²) in [5.41, 5.74) is -1.13. The van der Waals surface area contributed by atoms with Crippen molar-refractivity contribution < 1.29 is 22.7 Å². The van der Waals surface area contributed by atoms with E-state index in [1.807, 2.05) is 0 Å². The van der Waals surface area contributed by atoms with Gasteiger partial charge in [-0.1, -0.05) is 11.6 Å². The van der Waals surface area contributed by atoms with Gasteiger partial charge in [0.15, 0.2) is 0 Å². The highest BCUT2D eigenvalue weighted by atomic mass is 35.5. The van der Waals surface area contributed by atoms with Crippen LogP contribution in [0.4, 0.5) is 4.39 Å². The van der Waals surface area contributed by atoms with E-state index < -0.39 is 21.4 Å². The van der Waals surface area contributed by atoms with Crippen LogP contribution in [-0.2, 0) is 14.8 Å². The molecule has 1 fully saturated rings. The molecule has 1 heterocycles. The molecular weight excluding hydrogens is 309 g/mol. The summed E-state index contributed by atoms with van der Waals surface area (Å²) < 4.78 is 44.5. The number of hydrogen-bond donors (Lipinski definition) is 2. The monoisotopic (exact) mass is 323 g/mol. The van der Waals surface area contributed by atoms with E-state index in [0.29, 0.717) is 26.1 Å². The second kappa shape index (κ2) is 5.95. The third-order valence-electron chi connectivity index (χ3n) is 3.20. The SMILES string of the molecule is O=S(=O)(NCC1(O)CCOCC1)c1ccc(F)cc1Cl. The van der Waals surface area contributed by atoms with Crippen molar-refractivity contribution in [2.45, 2.75) is 23.3 Å². The van der Waals surface area contributed by atoms with E-state index >= 15 is 0 Å². The van der Waals surface area contributed by atoms with Crippen molar-refractivity contribution in [3.05, 3.63) is 29.0 Å². The normalized spacial score (nSPS) is 18.9. The first-order valence-corrected chi connectivity index (χ1v) is 7.93. The lowest BCUT2D eigenvalue weighted by Crippen LogP contribution is -2.46. The molecule has 1 saturated heterocycles. The topological polar surface area (TPSA) is 75.6 Å². The van der Waals surface area contributed by atoms with E-state index in [2.05, 4.69) is 4.72 Å². The predicted octanol–water partition coefficient (Wildman–Crippen LogP) is 1.30. The van der Waals surface area contributed by atoms with Crippen LogP contribution in [-0.4, -0.2) is 38.9 Å². The minimum Gasteiger partial charge on any atom is -0.388 e. The molecule has 0 aliphatic carbocycles. The number of ether oxygens (including phenoxy) is 1. The van der Waals surface area contributed by atoms with E-state index in [1.54, 1.807) is 0 Å². The minimum absolute atomic E-state index is 0.133. The molecule has 2 N–H and O–H groups in total. The summed E-state index contributed by atoms with van der Waals surface area (Å²) in [6.07, 6.45) is 0.708. The first kappa shape index (κ1) is 15.7. The van der Waals surface area contributed by atoms with Crippen LogP contribution in [0.25, 0.3) is 0 Å². The maximum Gasteiger partial charge on any atom is 0.242 e. The van der Waals surface area contributed by atoms with Gasteiger partial charge in [-0.2, -0.15) is 0 Å². The van der Waals surface area contributed by atoms with Gasteiger partial charge in [-0.15, -0.1) is 0 Å². The summed E-state index contributed by atoms with van der Waals surface area (Å²) in [5, 5.41) is 10.00. The number of benzene rings is 1. The van der Waals surface area contributed by atoms with E-state index in [4.69, 9.17) is 16.3 Å². The van der Waals surface area contributed by atoms with Gasteiger partial charge in [0.25, 0.3) is 0 Å². The molecule has 5 nitrogen and oxygen atoms in total. The molecule has 0 radical (unpaired) electrons. The molecule has 1 aliphatic heterocycles. The molecule has 0 bridgehead atoms. The number of aliphatic hydroxyl groups is 1. The summed E-state index contributed by atoms with van der Waals surface area (Å²) in [6, 6.07) is 3.04. The van der Waals surface area contributed by atoms with Gasteiger partial charge >= 0.3 is 0 Å². The van der Waals surface area contributed by atoms with Gasteiger partial charge < -0.3 is 9.84 Å². The summed E-state index contributed by atoms with van der Waals surface area (Å²) in [5.74, 6) is -0.614. The number of rotatable bonds is 4. The molecule has 1 aliphatic rings. The van der Waals surface area contributed by atoms with Gasteiger partial charge in [0.05, 0.1) is 10.6 Å². The lowest BCUT2D eigenvalue weighted by Gasteiger charge is -2.32. The molecule has 0 unspecified atom stereocenters. The van der Waals surface area contributed by atoms with Crippen LogP contribution in [0.15, 0.2) is 23.1 Å². The zero-order valence-electron chi connectivity index (χ0n) is 10.6. The summed E-state index contributed by atoms with van der Waals surface area (Å²) in [7, 11) is -3.89. The van der Waals surface area contributed by atoms with Gasteiger partial charge in [-0.3, -0.25) is 0 Å². The Morgan fingerprint density at radius 1 is 1.40 bits per heavy atom. The number of hydrogen-bond acceptors (Lipinski definition) is 4. The molecule has 0 spiro atoms. The Balaban J connectivity index is 2.11. The molecular formula is C12H15ClFNO4S. The van der Waals surface area contributed by atoms with Crippen LogP contribution in [0, 0.1) is 5.82 Å². The smallest absolute Gasteiger partial charge is 0.242 e. The fourth-order valence-corrected chi connectivity index (χ4v) is 3.58. The van der Waals surface area contributed by atoms with Gasteiger partial charge in [0, 0.05) is 32.6 Å². The van der Waals surface area contributed by atoms with E-state index in [0.717, 1.165) is 18.2 Å². The number of halogens is 2.